The number of hydrogen-bond acceptors (Lipinski definition) is 7. The van der Waals surface area contributed by atoms with E-state index in [1.807, 2.05) is 75.3 Å². The molecule has 2 fully saturated rings. The number of methoxy groups -OCH3 is 1. The van der Waals surface area contributed by atoms with Crippen molar-refractivity contribution in [3.8, 4) is 5.75 Å². The third kappa shape index (κ3) is 5.67. The molecule has 4 aromatic rings. The van der Waals surface area contributed by atoms with E-state index >= 15 is 4.79 Å². The number of hydrogen-bond donors (Lipinski definition) is 1. The highest BCUT2D eigenvalue weighted by Crippen LogP contribution is 2.61. The third-order valence-electron chi connectivity index (χ3n) is 11.0. The van der Waals surface area contributed by atoms with Crippen LogP contribution in [0.4, 0.5) is 17.1 Å². The summed E-state index contributed by atoms with van der Waals surface area (Å²) in [6, 6.07) is 24.1. The fourth-order valence-electron chi connectivity index (χ4n) is 8.51. The summed E-state index contributed by atoms with van der Waals surface area (Å²) in [7, 11) is -0.676. The molecule has 11 heteroatoms. The van der Waals surface area contributed by atoms with E-state index in [-0.39, 0.29) is 36.0 Å². The lowest BCUT2D eigenvalue weighted by molar-refractivity contribution is -0.145. The molecule has 10 nitrogen and oxygen atoms in total. The Morgan fingerprint density at radius 3 is 2.51 bits per heavy atom. The molecule has 4 atom stereocenters. The van der Waals surface area contributed by atoms with Gasteiger partial charge in [-0.2, -0.15) is 0 Å². The van der Waals surface area contributed by atoms with Crippen LogP contribution in [0.1, 0.15) is 43.9 Å². The van der Waals surface area contributed by atoms with Gasteiger partial charge in [0.25, 0.3) is 5.91 Å². The number of aromatic nitrogens is 3. The van der Waals surface area contributed by atoms with Crippen molar-refractivity contribution in [3.63, 3.8) is 0 Å². The predicted molar refractivity (Wildman–Crippen MR) is 191 cm³/mol. The topological polar surface area (TPSA) is 110 Å². The Bertz CT molecular complexity index is 1830. The van der Waals surface area contributed by atoms with Gasteiger partial charge in [0, 0.05) is 61.6 Å². The van der Waals surface area contributed by atoms with Crippen molar-refractivity contribution in [3.05, 3.63) is 90.3 Å². The SMILES string of the molecule is COc1ccc([Si](C)(C)[C@H]2[C@H](CCn3cc(CCO)nn3)O[C@@]3(C(=O)N(c4ccccc4)c4ccc(N5CCCCC5=O)cc43)[C@@H]2C)cc1. The molecule has 7 rings (SSSR count). The lowest BCUT2D eigenvalue weighted by Crippen LogP contribution is -2.51. The van der Waals surface area contributed by atoms with Crippen molar-refractivity contribution in [1.29, 1.82) is 0 Å². The maximum absolute atomic E-state index is 15.2. The number of amides is 2. The minimum Gasteiger partial charge on any atom is -0.497 e. The fraction of sp³-hybridized carbons (Fsp3) is 0.421. The van der Waals surface area contributed by atoms with Crippen molar-refractivity contribution in [2.24, 2.45) is 5.92 Å². The molecule has 0 bridgehead atoms. The zero-order valence-corrected chi connectivity index (χ0v) is 29.7. The number of nitrogens with zero attached hydrogens (tertiary/aromatic N) is 5. The van der Waals surface area contributed by atoms with E-state index in [1.54, 1.807) is 7.11 Å². The van der Waals surface area contributed by atoms with E-state index in [0.717, 1.165) is 46.9 Å². The Kier molecular flexibility index (Phi) is 8.93. The van der Waals surface area contributed by atoms with E-state index in [1.165, 1.54) is 5.19 Å². The number of aliphatic hydroxyl groups is 1. The number of carbonyl (C=O) groups is 2. The Labute approximate surface area is 288 Å². The number of anilines is 3. The summed E-state index contributed by atoms with van der Waals surface area (Å²) in [4.78, 5) is 32.0. The highest BCUT2D eigenvalue weighted by atomic mass is 28.3. The smallest absolute Gasteiger partial charge is 0.268 e. The fourth-order valence-corrected chi connectivity index (χ4v) is 12.6. The summed E-state index contributed by atoms with van der Waals surface area (Å²) in [6.07, 6.45) is 5.05. The number of carbonyl (C=O) groups excluding carboxylic acids is 2. The van der Waals surface area contributed by atoms with Crippen molar-refractivity contribution in [2.45, 2.75) is 75.9 Å². The van der Waals surface area contributed by atoms with Crippen molar-refractivity contribution in [1.82, 2.24) is 15.0 Å². The Morgan fingerprint density at radius 1 is 1.02 bits per heavy atom. The molecule has 49 heavy (non-hydrogen) atoms. The van der Waals surface area contributed by atoms with Gasteiger partial charge in [0.1, 0.15) is 5.75 Å². The summed E-state index contributed by atoms with van der Waals surface area (Å²) in [5, 5.41) is 19.2. The lowest BCUT2D eigenvalue weighted by Gasteiger charge is -2.37. The number of rotatable bonds is 10. The molecule has 0 aliphatic carbocycles. The molecule has 1 spiro atoms. The Hall–Kier alpha value is -4.32. The largest absolute Gasteiger partial charge is 0.497 e. The average Bonchev–Trinajstić information content (AvgIpc) is 3.77. The molecular formula is C38H45N5O5Si. The first-order chi connectivity index (χ1) is 23.7. The van der Waals surface area contributed by atoms with Gasteiger partial charge in [-0.1, -0.05) is 60.7 Å². The zero-order valence-electron chi connectivity index (χ0n) is 28.7. The van der Waals surface area contributed by atoms with Crippen LogP contribution in [-0.4, -0.2) is 66.4 Å². The summed E-state index contributed by atoms with van der Waals surface area (Å²) in [6.45, 7) is 8.17. The second-order valence-corrected chi connectivity index (χ2v) is 18.8. The van der Waals surface area contributed by atoms with Crippen LogP contribution in [0.5, 0.6) is 5.75 Å². The van der Waals surface area contributed by atoms with E-state index in [9.17, 15) is 9.90 Å². The summed E-state index contributed by atoms with van der Waals surface area (Å²) >= 11 is 0. The van der Waals surface area contributed by atoms with Crippen LogP contribution in [-0.2, 0) is 32.9 Å². The van der Waals surface area contributed by atoms with Gasteiger partial charge in [-0.05, 0) is 67.3 Å². The molecule has 0 saturated carbocycles. The molecule has 3 aromatic carbocycles. The monoisotopic (exact) mass is 679 g/mol. The van der Waals surface area contributed by atoms with Gasteiger partial charge in [-0.3, -0.25) is 19.2 Å². The number of aryl methyl sites for hydroxylation is 1. The minimum absolute atomic E-state index is 0.0125. The molecule has 1 N–H and O–H groups in total. The molecule has 0 unspecified atom stereocenters. The molecule has 1 aromatic heterocycles. The molecular weight excluding hydrogens is 635 g/mol. The van der Waals surface area contributed by atoms with Gasteiger partial charge in [-0.15, -0.1) is 5.10 Å². The second-order valence-electron chi connectivity index (χ2n) is 14.1. The first kappa shape index (κ1) is 33.2. The van der Waals surface area contributed by atoms with E-state index in [2.05, 4.69) is 48.5 Å². The Morgan fingerprint density at radius 2 is 1.80 bits per heavy atom. The van der Waals surface area contributed by atoms with Crippen LogP contribution in [0.15, 0.2) is 79.0 Å². The van der Waals surface area contributed by atoms with E-state index in [4.69, 9.17) is 9.47 Å². The zero-order chi connectivity index (χ0) is 34.3. The molecule has 2 saturated heterocycles. The summed E-state index contributed by atoms with van der Waals surface area (Å²) < 4.78 is 14.6. The van der Waals surface area contributed by atoms with Gasteiger partial charge in [0.2, 0.25) is 5.91 Å². The maximum Gasteiger partial charge on any atom is 0.268 e. The number of aliphatic hydroxyl groups excluding tert-OH is 1. The first-order valence-corrected chi connectivity index (χ1v) is 20.4. The number of piperidine rings is 1. The molecule has 256 valence electrons. The van der Waals surface area contributed by atoms with Gasteiger partial charge in [-0.25, -0.2) is 0 Å². The third-order valence-corrected chi connectivity index (χ3v) is 15.3. The molecule has 3 aliphatic rings. The summed E-state index contributed by atoms with van der Waals surface area (Å²) in [5.41, 5.74) is 2.75. The molecule has 3 aliphatic heterocycles. The maximum atomic E-state index is 15.2. The number of para-hydroxylation sites is 1. The minimum atomic E-state index is -2.35. The van der Waals surface area contributed by atoms with E-state index < -0.39 is 13.7 Å². The van der Waals surface area contributed by atoms with Gasteiger partial charge in [0.05, 0.1) is 32.7 Å². The molecule has 0 radical (unpaired) electrons. The van der Waals surface area contributed by atoms with Crippen LogP contribution in [0, 0.1) is 5.92 Å². The number of ether oxygens (including phenoxy) is 2. The quantitative estimate of drug-likeness (QED) is 0.226. The highest BCUT2D eigenvalue weighted by Gasteiger charge is 2.66. The van der Waals surface area contributed by atoms with Crippen LogP contribution in [0.3, 0.4) is 0 Å². The predicted octanol–water partition coefficient (Wildman–Crippen LogP) is 5.32. The first-order valence-electron chi connectivity index (χ1n) is 17.4. The van der Waals surface area contributed by atoms with Crippen LogP contribution in [0.2, 0.25) is 18.6 Å². The van der Waals surface area contributed by atoms with Crippen molar-refractivity contribution in [2.75, 3.05) is 30.1 Å². The normalized spacial score (nSPS) is 23.8. The van der Waals surface area contributed by atoms with Crippen molar-refractivity contribution >= 4 is 42.1 Å². The van der Waals surface area contributed by atoms with Gasteiger partial charge in [0.15, 0.2) is 5.60 Å². The molecule has 4 heterocycles. The van der Waals surface area contributed by atoms with Gasteiger partial charge >= 0.3 is 0 Å². The van der Waals surface area contributed by atoms with Crippen molar-refractivity contribution < 1.29 is 24.2 Å². The summed E-state index contributed by atoms with van der Waals surface area (Å²) in [5.74, 6) is 0.637. The Balaban J connectivity index is 1.35. The van der Waals surface area contributed by atoms with Crippen LogP contribution >= 0.6 is 0 Å². The molecule has 2 amide bonds. The lowest BCUT2D eigenvalue weighted by atomic mass is 9.82. The van der Waals surface area contributed by atoms with Crippen LogP contribution in [0.25, 0.3) is 0 Å². The number of benzene rings is 3. The average molecular weight is 680 g/mol. The van der Waals surface area contributed by atoms with Gasteiger partial charge < -0.3 is 19.5 Å². The van der Waals surface area contributed by atoms with E-state index in [0.29, 0.717) is 32.4 Å². The standard InChI is InChI=1S/C38H45N5O5Si/c1-26-36(49(3,4)31-16-14-30(47-2)15-17-31)34(19-22-41-25-27(20-23-44)39-40-41)48-38(26)32-24-29(42-21-9-8-12-35(42)45)13-18-33(32)43(37(38)46)28-10-6-5-7-11-28/h5-7,10-11,13-18,24-26,34,36,44H,8-9,12,19-23H2,1-4H3/t26-,34+,36-,38+/m1/s1. The van der Waals surface area contributed by atoms with Crippen LogP contribution < -0.4 is 19.7 Å². The second kappa shape index (κ2) is 13.2. The highest BCUT2D eigenvalue weighted by molar-refractivity contribution is 6.91. The number of fused-ring (bicyclic) bond motifs is 2.